The van der Waals surface area contributed by atoms with Gasteiger partial charge < -0.3 is 15.8 Å². The number of amides is 1. The number of likely N-dealkylation sites (tertiary alicyclic amines) is 1. The van der Waals surface area contributed by atoms with Gasteiger partial charge in [0.2, 0.25) is 5.91 Å². The van der Waals surface area contributed by atoms with Crippen LogP contribution in [0.1, 0.15) is 24.5 Å². The summed E-state index contributed by atoms with van der Waals surface area (Å²) in [4.78, 5) is 14.5. The molecule has 1 amide bonds. The van der Waals surface area contributed by atoms with Crippen molar-refractivity contribution >= 4 is 5.91 Å². The molecule has 0 aliphatic carbocycles. The van der Waals surface area contributed by atoms with Gasteiger partial charge in [0.25, 0.3) is 0 Å². The molecule has 1 aliphatic heterocycles. The summed E-state index contributed by atoms with van der Waals surface area (Å²) in [5.74, 6) is 0.912. The summed E-state index contributed by atoms with van der Waals surface area (Å²) in [6.45, 7) is 4.46. The largest absolute Gasteiger partial charge is 0.489 e. The number of benzene rings is 2. The average molecular weight is 353 g/mol. The fraction of sp³-hybridized carbons (Fsp3) is 0.381. The van der Waals surface area contributed by atoms with Crippen LogP contribution in [0.4, 0.5) is 0 Å². The first-order valence-corrected chi connectivity index (χ1v) is 9.19. The molecule has 5 nitrogen and oxygen atoms in total. The maximum atomic E-state index is 12.3. The molecule has 0 aromatic heterocycles. The molecule has 138 valence electrons. The molecule has 0 spiro atoms. The summed E-state index contributed by atoms with van der Waals surface area (Å²) in [6.07, 6.45) is 0.693. The lowest BCUT2D eigenvalue weighted by Gasteiger charge is -2.24. The summed E-state index contributed by atoms with van der Waals surface area (Å²) in [7, 11) is 0. The highest BCUT2D eigenvalue weighted by molar-refractivity contribution is 5.82. The molecule has 2 aromatic rings. The number of likely N-dealkylation sites (N-methyl/N-ethyl adjacent to an activating group) is 1. The molecule has 0 unspecified atom stereocenters. The Hall–Kier alpha value is -2.37. The van der Waals surface area contributed by atoms with Gasteiger partial charge in [0.05, 0.1) is 6.04 Å². The lowest BCUT2D eigenvalue weighted by Crippen LogP contribution is -2.42. The third kappa shape index (κ3) is 4.62. The molecule has 0 bridgehead atoms. The maximum Gasteiger partial charge on any atom is 0.237 e. The van der Waals surface area contributed by atoms with E-state index in [1.165, 1.54) is 0 Å². The van der Waals surface area contributed by atoms with E-state index in [2.05, 4.69) is 16.3 Å². The normalized spacial score (nSPS) is 20.1. The third-order valence-electron chi connectivity index (χ3n) is 4.67. The highest BCUT2D eigenvalue weighted by Gasteiger charge is 2.35. The van der Waals surface area contributed by atoms with Gasteiger partial charge in [-0.3, -0.25) is 9.69 Å². The van der Waals surface area contributed by atoms with Crippen molar-refractivity contribution < 1.29 is 9.53 Å². The topological polar surface area (TPSA) is 67.6 Å². The van der Waals surface area contributed by atoms with Gasteiger partial charge in [-0.15, -0.1) is 0 Å². The van der Waals surface area contributed by atoms with Crippen molar-refractivity contribution in [3.8, 4) is 5.75 Å². The maximum absolute atomic E-state index is 12.3. The molecule has 5 heteroatoms. The second-order valence-electron chi connectivity index (χ2n) is 6.72. The van der Waals surface area contributed by atoms with Gasteiger partial charge in [0.15, 0.2) is 0 Å². The van der Waals surface area contributed by atoms with E-state index in [1.807, 2.05) is 55.5 Å². The summed E-state index contributed by atoms with van der Waals surface area (Å²) in [5, 5.41) is 2.92. The number of hydrogen-bond acceptors (Lipinski definition) is 4. The number of rotatable bonds is 7. The molecule has 3 rings (SSSR count). The van der Waals surface area contributed by atoms with Gasteiger partial charge >= 0.3 is 0 Å². The smallest absolute Gasteiger partial charge is 0.237 e. The molecule has 1 fully saturated rings. The highest BCUT2D eigenvalue weighted by Crippen LogP contribution is 2.25. The number of carbonyl (C=O) groups excluding carboxylic acids is 1. The number of ether oxygens (including phenoxy) is 1. The van der Waals surface area contributed by atoms with Crippen LogP contribution in [0.2, 0.25) is 0 Å². The Morgan fingerprint density at radius 3 is 2.69 bits per heavy atom. The van der Waals surface area contributed by atoms with E-state index in [1.54, 1.807) is 0 Å². The Labute approximate surface area is 155 Å². The molecule has 3 N–H and O–H groups in total. The predicted octanol–water partition coefficient (Wildman–Crippen LogP) is 2.30. The summed E-state index contributed by atoms with van der Waals surface area (Å²) in [6, 6.07) is 18.0. The van der Waals surface area contributed by atoms with E-state index in [0.29, 0.717) is 26.1 Å². The lowest BCUT2D eigenvalue weighted by molar-refractivity contribution is -0.125. The first kappa shape index (κ1) is 18.4. The molecule has 0 saturated carbocycles. The van der Waals surface area contributed by atoms with Gasteiger partial charge in [-0.05, 0) is 25.0 Å². The summed E-state index contributed by atoms with van der Waals surface area (Å²) < 4.78 is 6.05. The van der Waals surface area contributed by atoms with E-state index >= 15 is 0 Å². The van der Waals surface area contributed by atoms with Crippen molar-refractivity contribution in [2.75, 3.05) is 13.1 Å². The fourth-order valence-electron chi connectivity index (χ4n) is 3.41. The van der Waals surface area contributed by atoms with Gasteiger partial charge in [-0.1, -0.05) is 48.5 Å². The number of nitrogens with one attached hydrogen (secondary N) is 1. The standard InChI is InChI=1S/C21H27N3O2/c1-2-23-21(25)19-12-18(22)14-24(19)13-17-10-6-7-11-20(17)26-15-16-8-4-3-5-9-16/h3-11,18-19H,2,12-15,22H2,1H3,(H,23,25)/t18-,19+/m1/s1. The number of carbonyl (C=O) groups is 1. The van der Waals surface area contributed by atoms with Crippen LogP contribution in [0.25, 0.3) is 0 Å². The second kappa shape index (κ2) is 8.83. The van der Waals surface area contributed by atoms with Gasteiger partial charge in [-0.2, -0.15) is 0 Å². The van der Waals surface area contributed by atoms with Crippen LogP contribution in [-0.4, -0.2) is 36.0 Å². The van der Waals surface area contributed by atoms with E-state index < -0.39 is 0 Å². The van der Waals surface area contributed by atoms with Crippen molar-refractivity contribution in [2.45, 2.75) is 38.6 Å². The molecule has 1 aliphatic rings. The Bertz CT molecular complexity index is 720. The lowest BCUT2D eigenvalue weighted by atomic mass is 10.1. The molecular weight excluding hydrogens is 326 g/mol. The number of hydrogen-bond donors (Lipinski definition) is 2. The van der Waals surface area contributed by atoms with Crippen LogP contribution in [0.15, 0.2) is 54.6 Å². The first-order valence-electron chi connectivity index (χ1n) is 9.19. The minimum Gasteiger partial charge on any atom is -0.489 e. The first-order chi connectivity index (χ1) is 12.7. The average Bonchev–Trinajstić information content (AvgIpc) is 3.02. The van der Waals surface area contributed by atoms with E-state index in [-0.39, 0.29) is 18.0 Å². The highest BCUT2D eigenvalue weighted by atomic mass is 16.5. The van der Waals surface area contributed by atoms with Crippen molar-refractivity contribution in [2.24, 2.45) is 5.73 Å². The number of nitrogens with two attached hydrogens (primary N) is 1. The molecule has 0 radical (unpaired) electrons. The van der Waals surface area contributed by atoms with Crippen molar-refractivity contribution in [1.82, 2.24) is 10.2 Å². The monoisotopic (exact) mass is 353 g/mol. The molecule has 1 heterocycles. The zero-order chi connectivity index (χ0) is 18.4. The quantitative estimate of drug-likeness (QED) is 0.801. The zero-order valence-corrected chi connectivity index (χ0v) is 15.2. The van der Waals surface area contributed by atoms with Gasteiger partial charge in [0.1, 0.15) is 12.4 Å². The number of para-hydroxylation sites is 1. The number of nitrogens with zero attached hydrogens (tertiary/aromatic N) is 1. The minimum absolute atomic E-state index is 0.0278. The minimum atomic E-state index is -0.174. The summed E-state index contributed by atoms with van der Waals surface area (Å²) >= 11 is 0. The third-order valence-corrected chi connectivity index (χ3v) is 4.67. The Kier molecular flexibility index (Phi) is 6.26. The van der Waals surface area contributed by atoms with Crippen LogP contribution in [0.5, 0.6) is 5.75 Å². The van der Waals surface area contributed by atoms with Gasteiger partial charge in [0, 0.05) is 31.2 Å². The molecule has 26 heavy (non-hydrogen) atoms. The Balaban J connectivity index is 1.70. The molecule has 2 aromatic carbocycles. The van der Waals surface area contributed by atoms with Crippen molar-refractivity contribution in [1.29, 1.82) is 0 Å². The second-order valence-corrected chi connectivity index (χ2v) is 6.72. The molecule has 1 saturated heterocycles. The van der Waals surface area contributed by atoms with Crippen LogP contribution in [0.3, 0.4) is 0 Å². The molecule has 2 atom stereocenters. The Morgan fingerprint density at radius 1 is 1.19 bits per heavy atom. The zero-order valence-electron chi connectivity index (χ0n) is 15.2. The van der Waals surface area contributed by atoms with Crippen LogP contribution >= 0.6 is 0 Å². The van der Waals surface area contributed by atoms with Crippen molar-refractivity contribution in [3.63, 3.8) is 0 Å². The predicted molar refractivity (Wildman–Crippen MR) is 103 cm³/mol. The van der Waals surface area contributed by atoms with E-state index in [9.17, 15) is 4.79 Å². The summed E-state index contributed by atoms with van der Waals surface area (Å²) in [5.41, 5.74) is 8.33. The molecular formula is C21H27N3O2. The SMILES string of the molecule is CCNC(=O)[C@@H]1C[C@@H](N)CN1Cc1ccccc1OCc1ccccc1. The van der Waals surface area contributed by atoms with E-state index in [4.69, 9.17) is 10.5 Å². The Morgan fingerprint density at radius 2 is 1.92 bits per heavy atom. The fourth-order valence-corrected chi connectivity index (χ4v) is 3.41. The van der Waals surface area contributed by atoms with Crippen LogP contribution < -0.4 is 15.8 Å². The van der Waals surface area contributed by atoms with E-state index in [0.717, 1.165) is 23.4 Å². The van der Waals surface area contributed by atoms with Crippen LogP contribution in [0, 0.1) is 0 Å². The van der Waals surface area contributed by atoms with Crippen LogP contribution in [-0.2, 0) is 17.9 Å². The van der Waals surface area contributed by atoms with Gasteiger partial charge in [-0.25, -0.2) is 0 Å². The van der Waals surface area contributed by atoms with Crippen molar-refractivity contribution in [3.05, 3.63) is 65.7 Å².